The Morgan fingerprint density at radius 1 is 1.59 bits per heavy atom. The molecule has 1 aromatic heterocycles. The highest BCUT2D eigenvalue weighted by Gasteiger charge is 2.19. The van der Waals surface area contributed by atoms with Gasteiger partial charge >= 0.3 is 5.97 Å². The van der Waals surface area contributed by atoms with Crippen molar-refractivity contribution in [2.24, 2.45) is 0 Å². The van der Waals surface area contributed by atoms with E-state index in [-0.39, 0.29) is 0 Å². The second kappa shape index (κ2) is 5.27. The molecule has 0 saturated carbocycles. The van der Waals surface area contributed by atoms with Crippen molar-refractivity contribution in [1.29, 1.82) is 0 Å². The summed E-state index contributed by atoms with van der Waals surface area (Å²) in [7, 11) is 1.35. The van der Waals surface area contributed by atoms with Gasteiger partial charge in [0.25, 0.3) is 0 Å². The van der Waals surface area contributed by atoms with E-state index < -0.39 is 5.97 Å². The number of carbonyl (C=O) groups is 1. The first-order valence-electron chi connectivity index (χ1n) is 5.94. The van der Waals surface area contributed by atoms with Crippen LogP contribution in [-0.4, -0.2) is 40.7 Å². The van der Waals surface area contributed by atoms with E-state index in [0.29, 0.717) is 11.7 Å². The van der Waals surface area contributed by atoms with Gasteiger partial charge in [-0.15, -0.1) is 5.10 Å². The van der Waals surface area contributed by atoms with E-state index in [9.17, 15) is 4.79 Å². The van der Waals surface area contributed by atoms with Crippen LogP contribution in [0.3, 0.4) is 0 Å². The van der Waals surface area contributed by atoms with E-state index in [1.165, 1.54) is 20.0 Å². The third-order valence-corrected chi connectivity index (χ3v) is 3.17. The molecule has 1 saturated heterocycles. The van der Waals surface area contributed by atoms with Crippen molar-refractivity contribution in [1.82, 2.24) is 20.3 Å². The van der Waals surface area contributed by atoms with E-state index in [4.69, 9.17) is 0 Å². The molecule has 2 heterocycles. The molecule has 1 unspecified atom stereocenters. The van der Waals surface area contributed by atoms with Gasteiger partial charge in [-0.2, -0.15) is 0 Å². The SMILES string of the molecule is COC(=O)c1nnn(CC2CCCCN2)c1C. The highest BCUT2D eigenvalue weighted by molar-refractivity contribution is 5.88. The summed E-state index contributed by atoms with van der Waals surface area (Å²) in [6, 6.07) is 0.426. The summed E-state index contributed by atoms with van der Waals surface area (Å²) in [5, 5.41) is 11.3. The maximum Gasteiger partial charge on any atom is 0.360 e. The first kappa shape index (κ1) is 12.0. The van der Waals surface area contributed by atoms with Crippen LogP contribution in [0.15, 0.2) is 0 Å². The van der Waals surface area contributed by atoms with Crippen LogP contribution in [0, 0.1) is 6.92 Å². The Balaban J connectivity index is 2.06. The van der Waals surface area contributed by atoms with Crippen molar-refractivity contribution >= 4 is 5.97 Å². The smallest absolute Gasteiger partial charge is 0.360 e. The molecule has 1 aromatic rings. The standard InChI is InChI=1S/C11H18N4O2/c1-8-10(11(16)17-2)13-14-15(8)7-9-5-3-4-6-12-9/h9,12H,3-7H2,1-2H3. The molecule has 0 radical (unpaired) electrons. The number of ether oxygens (including phenoxy) is 1. The number of methoxy groups -OCH3 is 1. The zero-order chi connectivity index (χ0) is 12.3. The van der Waals surface area contributed by atoms with Crippen LogP contribution in [0.25, 0.3) is 0 Å². The lowest BCUT2D eigenvalue weighted by Crippen LogP contribution is -2.37. The van der Waals surface area contributed by atoms with E-state index in [2.05, 4.69) is 20.4 Å². The summed E-state index contributed by atoms with van der Waals surface area (Å²) < 4.78 is 6.42. The minimum atomic E-state index is -0.426. The quantitative estimate of drug-likeness (QED) is 0.777. The lowest BCUT2D eigenvalue weighted by atomic mass is 10.1. The molecule has 1 N–H and O–H groups in total. The first-order chi connectivity index (χ1) is 8.22. The third kappa shape index (κ3) is 2.63. The van der Waals surface area contributed by atoms with Crippen molar-refractivity contribution in [2.45, 2.75) is 38.8 Å². The van der Waals surface area contributed by atoms with Crippen molar-refractivity contribution in [2.75, 3.05) is 13.7 Å². The summed E-state index contributed by atoms with van der Waals surface area (Å²) >= 11 is 0. The fourth-order valence-electron chi connectivity index (χ4n) is 2.11. The molecular formula is C11H18N4O2. The molecule has 0 bridgehead atoms. The lowest BCUT2D eigenvalue weighted by Gasteiger charge is -2.23. The normalized spacial score (nSPS) is 20.2. The van der Waals surface area contributed by atoms with Gasteiger partial charge in [0.1, 0.15) is 0 Å². The summed E-state index contributed by atoms with van der Waals surface area (Å²) in [6.07, 6.45) is 3.63. The Hall–Kier alpha value is -1.43. The molecule has 2 rings (SSSR count). The zero-order valence-electron chi connectivity index (χ0n) is 10.3. The number of nitrogens with zero attached hydrogens (tertiary/aromatic N) is 3. The Bertz CT molecular complexity index is 396. The van der Waals surface area contributed by atoms with Gasteiger partial charge in [-0.05, 0) is 26.3 Å². The second-order valence-corrected chi connectivity index (χ2v) is 4.34. The summed E-state index contributed by atoms with van der Waals surface area (Å²) in [5.74, 6) is -0.426. The maximum absolute atomic E-state index is 11.4. The van der Waals surface area contributed by atoms with Gasteiger partial charge in [0.05, 0.1) is 19.3 Å². The Morgan fingerprint density at radius 2 is 2.41 bits per heavy atom. The monoisotopic (exact) mass is 238 g/mol. The van der Waals surface area contributed by atoms with Gasteiger partial charge < -0.3 is 10.1 Å². The molecule has 17 heavy (non-hydrogen) atoms. The highest BCUT2D eigenvalue weighted by Crippen LogP contribution is 2.11. The number of hydrogen-bond acceptors (Lipinski definition) is 5. The van der Waals surface area contributed by atoms with Gasteiger partial charge in [-0.1, -0.05) is 11.6 Å². The number of hydrogen-bond donors (Lipinski definition) is 1. The van der Waals surface area contributed by atoms with E-state index in [1.807, 2.05) is 6.92 Å². The van der Waals surface area contributed by atoms with Crippen LogP contribution in [0.1, 0.15) is 35.4 Å². The van der Waals surface area contributed by atoms with Gasteiger partial charge in [0.2, 0.25) is 0 Å². The minimum absolute atomic E-state index is 0.309. The average molecular weight is 238 g/mol. The highest BCUT2D eigenvalue weighted by atomic mass is 16.5. The van der Waals surface area contributed by atoms with Crippen molar-refractivity contribution in [3.05, 3.63) is 11.4 Å². The number of nitrogens with one attached hydrogen (secondary N) is 1. The predicted octanol–water partition coefficient (Wildman–Crippen LogP) is 0.515. The molecular weight excluding hydrogens is 220 g/mol. The summed E-state index contributed by atoms with van der Waals surface area (Å²) in [6.45, 7) is 3.66. The Labute approximate surface area is 100 Å². The van der Waals surface area contributed by atoms with Crippen molar-refractivity contribution in [3.8, 4) is 0 Å². The van der Waals surface area contributed by atoms with Crippen LogP contribution < -0.4 is 5.32 Å². The van der Waals surface area contributed by atoms with Crippen molar-refractivity contribution < 1.29 is 9.53 Å². The molecule has 1 fully saturated rings. The first-order valence-corrected chi connectivity index (χ1v) is 5.94. The van der Waals surface area contributed by atoms with Gasteiger partial charge in [-0.25, -0.2) is 9.48 Å². The van der Waals surface area contributed by atoms with Crippen LogP contribution in [-0.2, 0) is 11.3 Å². The Morgan fingerprint density at radius 3 is 3.06 bits per heavy atom. The number of carbonyl (C=O) groups excluding carboxylic acids is 1. The number of piperidine rings is 1. The van der Waals surface area contributed by atoms with Crippen LogP contribution in [0.4, 0.5) is 0 Å². The van der Waals surface area contributed by atoms with Crippen LogP contribution in [0.5, 0.6) is 0 Å². The number of esters is 1. The topological polar surface area (TPSA) is 69.0 Å². The van der Waals surface area contributed by atoms with Crippen LogP contribution in [0.2, 0.25) is 0 Å². The number of aromatic nitrogens is 3. The predicted molar refractivity (Wildman–Crippen MR) is 61.7 cm³/mol. The summed E-state index contributed by atoms with van der Waals surface area (Å²) in [4.78, 5) is 11.4. The lowest BCUT2D eigenvalue weighted by molar-refractivity contribution is 0.0593. The Kier molecular flexibility index (Phi) is 3.73. The molecule has 0 spiro atoms. The number of rotatable bonds is 3. The molecule has 94 valence electrons. The average Bonchev–Trinajstić information content (AvgIpc) is 2.72. The minimum Gasteiger partial charge on any atom is -0.464 e. The summed E-state index contributed by atoms with van der Waals surface area (Å²) in [5.41, 5.74) is 1.08. The molecule has 1 aliphatic rings. The largest absolute Gasteiger partial charge is 0.464 e. The van der Waals surface area contributed by atoms with Crippen molar-refractivity contribution in [3.63, 3.8) is 0 Å². The fraction of sp³-hybridized carbons (Fsp3) is 0.727. The van der Waals surface area contributed by atoms with Crippen LogP contribution >= 0.6 is 0 Å². The molecule has 6 nitrogen and oxygen atoms in total. The van der Waals surface area contributed by atoms with E-state index in [0.717, 1.165) is 25.2 Å². The molecule has 6 heteroatoms. The van der Waals surface area contributed by atoms with Gasteiger partial charge in [0, 0.05) is 6.04 Å². The molecule has 0 aliphatic carbocycles. The molecule has 1 atom stereocenters. The zero-order valence-corrected chi connectivity index (χ0v) is 10.3. The van der Waals surface area contributed by atoms with Gasteiger partial charge in [-0.3, -0.25) is 0 Å². The fourth-order valence-corrected chi connectivity index (χ4v) is 2.11. The van der Waals surface area contributed by atoms with Gasteiger partial charge in [0.15, 0.2) is 5.69 Å². The second-order valence-electron chi connectivity index (χ2n) is 4.34. The van der Waals surface area contributed by atoms with E-state index >= 15 is 0 Å². The van der Waals surface area contributed by atoms with E-state index in [1.54, 1.807) is 4.68 Å². The maximum atomic E-state index is 11.4. The molecule has 1 aliphatic heterocycles. The molecule has 0 aromatic carbocycles. The third-order valence-electron chi connectivity index (χ3n) is 3.17. The molecule has 0 amide bonds.